The Morgan fingerprint density at radius 2 is 2.10 bits per heavy atom. The molecule has 1 unspecified atom stereocenters. The zero-order valence-electron chi connectivity index (χ0n) is 11.9. The maximum absolute atomic E-state index is 12.0. The molecule has 2 N–H and O–H groups in total. The number of hydrogen-bond acceptors (Lipinski definition) is 3. The molecule has 1 heterocycles. The highest BCUT2D eigenvalue weighted by atomic mass is 16.2. The van der Waals surface area contributed by atoms with E-state index < -0.39 is 0 Å². The van der Waals surface area contributed by atoms with Gasteiger partial charge >= 0.3 is 0 Å². The Bertz CT molecular complexity index is 564. The minimum absolute atomic E-state index is 0.0555. The maximum atomic E-state index is 12.0. The monoisotopic (exact) mass is 272 g/mol. The van der Waals surface area contributed by atoms with Crippen LogP contribution in [0.25, 0.3) is 5.69 Å². The minimum Gasteiger partial charge on any atom is -0.341 e. The van der Waals surface area contributed by atoms with E-state index in [9.17, 15) is 4.79 Å². The molecule has 1 aromatic heterocycles. The Balaban J connectivity index is 2.05. The normalized spacial score (nSPS) is 12.2. The summed E-state index contributed by atoms with van der Waals surface area (Å²) < 4.78 is 1.81. The number of carbonyl (C=O) groups is 1. The van der Waals surface area contributed by atoms with Gasteiger partial charge in [0.2, 0.25) is 5.91 Å². The fourth-order valence-corrected chi connectivity index (χ4v) is 1.99. The summed E-state index contributed by atoms with van der Waals surface area (Å²) in [5.74, 6) is -0.0934. The Morgan fingerprint density at radius 3 is 2.75 bits per heavy atom. The van der Waals surface area contributed by atoms with Gasteiger partial charge < -0.3 is 10.6 Å². The lowest BCUT2D eigenvalue weighted by atomic mass is 10.1. The Labute approximate surface area is 119 Å². The van der Waals surface area contributed by atoms with Gasteiger partial charge in [-0.25, -0.2) is 4.68 Å². The number of nitrogens with two attached hydrogens (primary N) is 1. The van der Waals surface area contributed by atoms with Crippen LogP contribution < -0.4 is 5.73 Å². The SMILES string of the molecule is CC(CN)C(=O)N(C)Cc1cnn(-c2ccccc2)c1. The predicted molar refractivity (Wildman–Crippen MR) is 78.3 cm³/mol. The molecule has 5 heteroatoms. The van der Waals surface area contributed by atoms with Gasteiger partial charge in [0.25, 0.3) is 0 Å². The topological polar surface area (TPSA) is 64.2 Å². The van der Waals surface area contributed by atoms with Crippen LogP contribution in [-0.4, -0.2) is 34.2 Å². The molecule has 0 bridgehead atoms. The molecular weight excluding hydrogens is 252 g/mol. The summed E-state index contributed by atoms with van der Waals surface area (Å²) in [4.78, 5) is 13.7. The van der Waals surface area contributed by atoms with Crippen LogP contribution in [0.1, 0.15) is 12.5 Å². The van der Waals surface area contributed by atoms with Gasteiger partial charge in [0.05, 0.1) is 11.9 Å². The number of aromatic nitrogens is 2. The minimum atomic E-state index is -0.149. The van der Waals surface area contributed by atoms with E-state index in [1.807, 2.05) is 43.5 Å². The third kappa shape index (κ3) is 3.24. The van der Waals surface area contributed by atoms with Gasteiger partial charge in [0.1, 0.15) is 0 Å². The van der Waals surface area contributed by atoms with Gasteiger partial charge in [-0.05, 0) is 12.1 Å². The van der Waals surface area contributed by atoms with Crippen molar-refractivity contribution < 1.29 is 4.79 Å². The molecule has 0 spiro atoms. The van der Waals surface area contributed by atoms with Crippen LogP contribution in [0.3, 0.4) is 0 Å². The molecule has 0 saturated heterocycles. The van der Waals surface area contributed by atoms with Crippen LogP contribution in [0.2, 0.25) is 0 Å². The second-order valence-corrected chi connectivity index (χ2v) is 4.96. The van der Waals surface area contributed by atoms with Crippen LogP contribution in [0.15, 0.2) is 42.7 Å². The Morgan fingerprint density at radius 1 is 1.40 bits per heavy atom. The molecule has 2 rings (SSSR count). The fourth-order valence-electron chi connectivity index (χ4n) is 1.99. The zero-order chi connectivity index (χ0) is 14.5. The lowest BCUT2D eigenvalue weighted by molar-refractivity contribution is -0.133. The van der Waals surface area contributed by atoms with E-state index >= 15 is 0 Å². The summed E-state index contributed by atoms with van der Waals surface area (Å²) >= 11 is 0. The summed E-state index contributed by atoms with van der Waals surface area (Å²) in [6, 6.07) is 9.88. The van der Waals surface area contributed by atoms with E-state index in [1.54, 1.807) is 22.8 Å². The van der Waals surface area contributed by atoms with E-state index in [-0.39, 0.29) is 11.8 Å². The molecule has 0 aliphatic rings. The summed E-state index contributed by atoms with van der Waals surface area (Å²) in [7, 11) is 1.79. The maximum Gasteiger partial charge on any atom is 0.226 e. The van der Waals surface area contributed by atoms with Crippen LogP contribution in [0, 0.1) is 5.92 Å². The Hall–Kier alpha value is -2.14. The lowest BCUT2D eigenvalue weighted by Crippen LogP contribution is -2.34. The molecule has 1 atom stereocenters. The quantitative estimate of drug-likeness (QED) is 0.895. The second kappa shape index (κ2) is 6.34. The number of rotatable bonds is 5. The lowest BCUT2D eigenvalue weighted by Gasteiger charge is -2.19. The van der Waals surface area contributed by atoms with Crippen molar-refractivity contribution in [1.29, 1.82) is 0 Å². The molecule has 0 aliphatic carbocycles. The van der Waals surface area contributed by atoms with E-state index in [2.05, 4.69) is 5.10 Å². The predicted octanol–water partition coefficient (Wildman–Crippen LogP) is 1.43. The van der Waals surface area contributed by atoms with E-state index in [1.165, 1.54) is 0 Å². The van der Waals surface area contributed by atoms with Gasteiger partial charge in [0.15, 0.2) is 0 Å². The van der Waals surface area contributed by atoms with Crippen LogP contribution in [0.4, 0.5) is 0 Å². The van der Waals surface area contributed by atoms with Crippen LogP contribution >= 0.6 is 0 Å². The molecule has 0 radical (unpaired) electrons. The summed E-state index contributed by atoms with van der Waals surface area (Å²) in [6.07, 6.45) is 3.72. The molecule has 1 aromatic carbocycles. The van der Waals surface area contributed by atoms with E-state index in [4.69, 9.17) is 5.73 Å². The molecule has 20 heavy (non-hydrogen) atoms. The van der Waals surface area contributed by atoms with Crippen molar-refractivity contribution in [2.24, 2.45) is 11.7 Å². The number of hydrogen-bond donors (Lipinski definition) is 1. The van der Waals surface area contributed by atoms with E-state index in [0.29, 0.717) is 13.1 Å². The molecule has 0 aliphatic heterocycles. The van der Waals surface area contributed by atoms with Gasteiger partial charge in [-0.2, -0.15) is 5.10 Å². The number of amides is 1. The number of benzene rings is 1. The van der Waals surface area contributed by atoms with Gasteiger partial charge in [-0.3, -0.25) is 4.79 Å². The van der Waals surface area contributed by atoms with Crippen molar-refractivity contribution in [1.82, 2.24) is 14.7 Å². The second-order valence-electron chi connectivity index (χ2n) is 4.96. The van der Waals surface area contributed by atoms with Crippen molar-refractivity contribution in [3.8, 4) is 5.69 Å². The number of nitrogens with zero attached hydrogens (tertiary/aromatic N) is 3. The molecule has 0 fully saturated rings. The summed E-state index contributed by atoms with van der Waals surface area (Å²) in [5, 5.41) is 4.32. The van der Waals surface area contributed by atoms with Gasteiger partial charge in [-0.15, -0.1) is 0 Å². The van der Waals surface area contributed by atoms with Gasteiger partial charge in [-0.1, -0.05) is 25.1 Å². The van der Waals surface area contributed by atoms with Crippen molar-refractivity contribution >= 4 is 5.91 Å². The molecule has 0 saturated carbocycles. The van der Waals surface area contributed by atoms with Crippen molar-refractivity contribution in [2.75, 3.05) is 13.6 Å². The molecule has 5 nitrogen and oxygen atoms in total. The number of para-hydroxylation sites is 1. The van der Waals surface area contributed by atoms with Crippen LogP contribution in [-0.2, 0) is 11.3 Å². The first-order valence-corrected chi connectivity index (χ1v) is 6.66. The third-order valence-electron chi connectivity index (χ3n) is 3.23. The molecule has 2 aromatic rings. The third-order valence-corrected chi connectivity index (χ3v) is 3.23. The standard InChI is InChI=1S/C15H20N4O/c1-12(8-16)15(20)18(2)10-13-9-17-19(11-13)14-6-4-3-5-7-14/h3-7,9,11-12H,8,10,16H2,1-2H3. The smallest absolute Gasteiger partial charge is 0.226 e. The first-order chi connectivity index (χ1) is 9.61. The van der Waals surface area contributed by atoms with Crippen molar-refractivity contribution in [3.63, 3.8) is 0 Å². The van der Waals surface area contributed by atoms with Crippen molar-refractivity contribution in [2.45, 2.75) is 13.5 Å². The largest absolute Gasteiger partial charge is 0.341 e. The summed E-state index contributed by atoms with van der Waals surface area (Å²) in [6.45, 7) is 2.74. The average molecular weight is 272 g/mol. The molecule has 1 amide bonds. The highest BCUT2D eigenvalue weighted by molar-refractivity contribution is 5.78. The zero-order valence-corrected chi connectivity index (χ0v) is 11.9. The highest BCUT2D eigenvalue weighted by Crippen LogP contribution is 2.10. The Kier molecular flexibility index (Phi) is 4.53. The average Bonchev–Trinajstić information content (AvgIpc) is 2.95. The first-order valence-electron chi connectivity index (χ1n) is 6.66. The molecule has 106 valence electrons. The molecular formula is C15H20N4O. The van der Waals surface area contributed by atoms with Crippen molar-refractivity contribution in [3.05, 3.63) is 48.3 Å². The fraction of sp³-hybridized carbons (Fsp3) is 0.333. The van der Waals surface area contributed by atoms with Crippen LogP contribution in [0.5, 0.6) is 0 Å². The van der Waals surface area contributed by atoms with E-state index in [0.717, 1.165) is 11.3 Å². The van der Waals surface area contributed by atoms with Gasteiger partial charge in [0, 0.05) is 37.8 Å². The number of carbonyl (C=O) groups excluding carboxylic acids is 1. The highest BCUT2D eigenvalue weighted by Gasteiger charge is 2.16. The first kappa shape index (κ1) is 14.3. The summed E-state index contributed by atoms with van der Waals surface area (Å²) in [5.41, 5.74) is 7.52.